The van der Waals surface area contributed by atoms with E-state index in [-0.39, 0.29) is 18.1 Å². The predicted octanol–water partition coefficient (Wildman–Crippen LogP) is 2.23. The highest BCUT2D eigenvalue weighted by atomic mass is 79.9. The van der Waals surface area contributed by atoms with Crippen LogP contribution in [0.5, 0.6) is 0 Å². The highest BCUT2D eigenvalue weighted by Crippen LogP contribution is 2.30. The Morgan fingerprint density at radius 2 is 2.27 bits per heavy atom. The summed E-state index contributed by atoms with van der Waals surface area (Å²) in [6.45, 7) is 1.02. The van der Waals surface area contributed by atoms with Crippen LogP contribution in [-0.2, 0) is 4.79 Å². The fourth-order valence-electron chi connectivity index (χ4n) is 3.04. The molecule has 3 rings (SSSR count). The third-order valence-corrected chi connectivity index (χ3v) is 5.00. The second-order valence-electron chi connectivity index (χ2n) is 5.86. The number of benzene rings is 1. The molecule has 0 aromatic heterocycles. The molecule has 2 aliphatic heterocycles. The maximum Gasteiger partial charge on any atom is 0.222 e. The van der Waals surface area contributed by atoms with Crippen LogP contribution in [0.25, 0.3) is 0 Å². The summed E-state index contributed by atoms with van der Waals surface area (Å²) in [7, 11) is 0. The highest BCUT2D eigenvalue weighted by molar-refractivity contribution is 9.10. The molecule has 4 N–H and O–H groups in total. The minimum atomic E-state index is -0.0750. The smallest absolute Gasteiger partial charge is 0.222 e. The summed E-state index contributed by atoms with van der Waals surface area (Å²) in [6.07, 6.45) is 3.47. The number of rotatable bonds is 4. The lowest BCUT2D eigenvalue weighted by Gasteiger charge is -2.15. The van der Waals surface area contributed by atoms with Gasteiger partial charge in [-0.3, -0.25) is 4.79 Å². The van der Waals surface area contributed by atoms with Gasteiger partial charge in [-0.15, -0.1) is 0 Å². The minimum Gasteiger partial charge on any atom is -0.339 e. The molecule has 22 heavy (non-hydrogen) atoms. The molecule has 1 aromatic rings. The Kier molecular flexibility index (Phi) is 5.36. The molecule has 1 amide bonds. The number of hydrogen-bond acceptors (Lipinski definition) is 4. The van der Waals surface area contributed by atoms with Crippen LogP contribution in [0, 0.1) is 0 Å². The molecule has 2 heterocycles. The number of carbonyl (C=O) groups is 1. The van der Waals surface area contributed by atoms with E-state index in [9.17, 15) is 4.79 Å². The van der Waals surface area contributed by atoms with Gasteiger partial charge in [0.2, 0.25) is 5.91 Å². The first-order valence-electron chi connectivity index (χ1n) is 7.60. The summed E-state index contributed by atoms with van der Waals surface area (Å²) >= 11 is 9.72. The SMILES string of the molecule is O=C(CC1CCCN1)NC1CC(c2cc(Br)ccc2Cl)NN1. The quantitative estimate of drug-likeness (QED) is 0.640. The van der Waals surface area contributed by atoms with Gasteiger partial charge >= 0.3 is 0 Å². The van der Waals surface area contributed by atoms with Crippen molar-refractivity contribution in [1.29, 1.82) is 0 Å². The fraction of sp³-hybridized carbons (Fsp3) is 0.533. The standard InChI is InChI=1S/C15H20BrClN4O/c16-9-3-4-12(17)11(6-9)13-8-14(21-20-13)19-15(22)7-10-2-1-5-18-10/h3-4,6,10,13-14,18,20-21H,1-2,5,7-8H2,(H,19,22). The van der Waals surface area contributed by atoms with Crippen molar-refractivity contribution >= 4 is 33.4 Å². The van der Waals surface area contributed by atoms with Crippen molar-refractivity contribution in [2.75, 3.05) is 6.54 Å². The van der Waals surface area contributed by atoms with Gasteiger partial charge in [-0.05, 0) is 43.1 Å². The largest absolute Gasteiger partial charge is 0.339 e. The average molecular weight is 388 g/mol. The van der Waals surface area contributed by atoms with Crippen LogP contribution >= 0.6 is 27.5 Å². The molecule has 2 aliphatic rings. The normalized spacial score (nSPS) is 28.0. The van der Waals surface area contributed by atoms with Crippen LogP contribution in [-0.4, -0.2) is 24.7 Å². The number of halogens is 2. The Balaban J connectivity index is 1.53. The lowest BCUT2D eigenvalue weighted by Crippen LogP contribution is -2.45. The molecule has 0 saturated carbocycles. The summed E-state index contributed by atoms with van der Waals surface area (Å²) in [5.41, 5.74) is 7.36. The van der Waals surface area contributed by atoms with Crippen LogP contribution in [0.3, 0.4) is 0 Å². The molecule has 2 saturated heterocycles. The first-order valence-corrected chi connectivity index (χ1v) is 8.77. The first kappa shape index (κ1) is 16.2. The van der Waals surface area contributed by atoms with Crippen molar-refractivity contribution in [3.05, 3.63) is 33.3 Å². The summed E-state index contributed by atoms with van der Waals surface area (Å²) < 4.78 is 0.994. The second kappa shape index (κ2) is 7.27. The van der Waals surface area contributed by atoms with Gasteiger partial charge in [0.25, 0.3) is 0 Å². The van der Waals surface area contributed by atoms with E-state index < -0.39 is 0 Å². The maximum absolute atomic E-state index is 12.1. The number of nitrogens with one attached hydrogen (secondary N) is 4. The molecule has 5 nitrogen and oxygen atoms in total. The molecule has 7 heteroatoms. The molecule has 2 fully saturated rings. The van der Waals surface area contributed by atoms with Crippen LogP contribution in [0.2, 0.25) is 5.02 Å². The molecule has 0 bridgehead atoms. The van der Waals surface area contributed by atoms with E-state index in [1.54, 1.807) is 0 Å². The minimum absolute atomic E-state index is 0.0750. The van der Waals surface area contributed by atoms with Gasteiger partial charge in [0.05, 0.1) is 12.2 Å². The van der Waals surface area contributed by atoms with Crippen molar-refractivity contribution in [1.82, 2.24) is 21.5 Å². The number of carbonyl (C=O) groups excluding carboxylic acids is 1. The zero-order chi connectivity index (χ0) is 15.5. The second-order valence-corrected chi connectivity index (χ2v) is 7.18. The highest BCUT2D eigenvalue weighted by Gasteiger charge is 2.28. The number of hydrogen-bond donors (Lipinski definition) is 4. The van der Waals surface area contributed by atoms with E-state index in [4.69, 9.17) is 11.6 Å². The maximum atomic E-state index is 12.1. The Labute approximate surface area is 143 Å². The third-order valence-electron chi connectivity index (χ3n) is 4.17. The summed E-state index contributed by atoms with van der Waals surface area (Å²) in [5.74, 6) is 0.0830. The van der Waals surface area contributed by atoms with E-state index in [0.717, 1.165) is 40.9 Å². The first-order chi connectivity index (χ1) is 10.6. The van der Waals surface area contributed by atoms with Gasteiger partial charge in [0.15, 0.2) is 0 Å². The van der Waals surface area contributed by atoms with Gasteiger partial charge in [0, 0.05) is 28.4 Å². The Bertz CT molecular complexity index is 550. The molecular formula is C15H20BrClN4O. The number of hydrazine groups is 1. The Morgan fingerprint density at radius 1 is 1.41 bits per heavy atom. The molecule has 3 atom stereocenters. The zero-order valence-electron chi connectivity index (χ0n) is 12.2. The van der Waals surface area contributed by atoms with Gasteiger partial charge < -0.3 is 10.6 Å². The van der Waals surface area contributed by atoms with Gasteiger partial charge in [-0.2, -0.15) is 0 Å². The molecule has 0 spiro atoms. The van der Waals surface area contributed by atoms with Crippen molar-refractivity contribution < 1.29 is 4.79 Å². The van der Waals surface area contributed by atoms with Crippen LogP contribution in [0.1, 0.15) is 37.3 Å². The molecule has 0 aliphatic carbocycles. The molecule has 1 aromatic carbocycles. The van der Waals surface area contributed by atoms with E-state index >= 15 is 0 Å². The monoisotopic (exact) mass is 386 g/mol. The summed E-state index contributed by atoms with van der Waals surface area (Å²) in [6, 6.07) is 6.21. The molecule has 120 valence electrons. The van der Waals surface area contributed by atoms with Crippen molar-refractivity contribution in [3.8, 4) is 0 Å². The van der Waals surface area contributed by atoms with Crippen LogP contribution in [0.4, 0.5) is 0 Å². The van der Waals surface area contributed by atoms with E-state index in [1.165, 1.54) is 0 Å². The molecule has 3 unspecified atom stereocenters. The summed E-state index contributed by atoms with van der Waals surface area (Å²) in [4.78, 5) is 12.1. The van der Waals surface area contributed by atoms with Gasteiger partial charge in [-0.25, -0.2) is 10.9 Å². The summed E-state index contributed by atoms with van der Waals surface area (Å²) in [5, 5.41) is 7.10. The average Bonchev–Trinajstić information content (AvgIpc) is 3.13. The van der Waals surface area contributed by atoms with Gasteiger partial charge in [-0.1, -0.05) is 27.5 Å². The lowest BCUT2D eigenvalue weighted by molar-refractivity contribution is -0.122. The topological polar surface area (TPSA) is 65.2 Å². The van der Waals surface area contributed by atoms with Crippen molar-refractivity contribution in [3.63, 3.8) is 0 Å². The van der Waals surface area contributed by atoms with Crippen molar-refractivity contribution in [2.45, 2.75) is 43.9 Å². The molecular weight excluding hydrogens is 368 g/mol. The van der Waals surface area contributed by atoms with E-state index in [2.05, 4.69) is 37.4 Å². The number of amides is 1. The van der Waals surface area contributed by atoms with E-state index in [0.29, 0.717) is 12.5 Å². The third kappa shape index (κ3) is 4.00. The Morgan fingerprint density at radius 3 is 3.05 bits per heavy atom. The van der Waals surface area contributed by atoms with Crippen LogP contribution < -0.4 is 21.5 Å². The molecule has 0 radical (unpaired) electrons. The Hall–Kier alpha value is -0.660. The zero-order valence-corrected chi connectivity index (χ0v) is 14.5. The van der Waals surface area contributed by atoms with Crippen LogP contribution in [0.15, 0.2) is 22.7 Å². The van der Waals surface area contributed by atoms with E-state index in [1.807, 2.05) is 18.2 Å². The van der Waals surface area contributed by atoms with Gasteiger partial charge in [0.1, 0.15) is 0 Å². The predicted molar refractivity (Wildman–Crippen MR) is 90.4 cm³/mol. The fourth-order valence-corrected chi connectivity index (χ4v) is 3.67. The lowest BCUT2D eigenvalue weighted by atomic mass is 10.0. The van der Waals surface area contributed by atoms with Crippen molar-refractivity contribution in [2.24, 2.45) is 0 Å².